The van der Waals surface area contributed by atoms with Crippen LogP contribution in [-0.2, 0) is 12.8 Å². The molecule has 0 fully saturated rings. The quantitative estimate of drug-likeness (QED) is 0.622. The van der Waals surface area contributed by atoms with Crippen LogP contribution in [0.1, 0.15) is 29.7 Å². The number of nitrogens with two attached hydrogens (primary N) is 1. The van der Waals surface area contributed by atoms with E-state index in [0.29, 0.717) is 4.47 Å². The van der Waals surface area contributed by atoms with E-state index in [0.717, 1.165) is 59.1 Å². The number of aromatic nitrogens is 1. The number of pyridine rings is 1. The van der Waals surface area contributed by atoms with Crippen molar-refractivity contribution < 1.29 is 4.39 Å². The molecule has 100 valence electrons. The molecule has 2 aromatic rings. The topological polar surface area (TPSA) is 50.9 Å². The summed E-state index contributed by atoms with van der Waals surface area (Å²) in [6.07, 6.45) is 4.19. The molecule has 0 bridgehead atoms. The fraction of sp³-hybridized carbons (Fsp3) is 0.357. The second kappa shape index (κ2) is 4.72. The van der Waals surface area contributed by atoms with E-state index in [2.05, 4.69) is 21.4 Å². The first-order valence-electron chi connectivity index (χ1n) is 6.40. The minimum absolute atomic E-state index is 0.279. The molecule has 0 atom stereocenters. The van der Waals surface area contributed by atoms with Gasteiger partial charge in [0.25, 0.3) is 0 Å². The summed E-state index contributed by atoms with van der Waals surface area (Å²) in [5.41, 5.74) is 7.45. The molecule has 0 spiro atoms. The molecule has 3 nitrogen and oxygen atoms in total. The summed E-state index contributed by atoms with van der Waals surface area (Å²) < 4.78 is 14.3. The average Bonchev–Trinajstić information content (AvgIpc) is 2.42. The molecule has 0 radical (unpaired) electrons. The van der Waals surface area contributed by atoms with Crippen molar-refractivity contribution in [3.63, 3.8) is 0 Å². The standard InChI is InChI=1S/C14H15BrFN3/c1-7-6-9(16)12(15)11-13(7)18-10-5-3-2-4-8(10)14(11)19-17/h6H,2-5,17H2,1H3,(H,18,19). The van der Waals surface area contributed by atoms with E-state index in [1.165, 1.54) is 6.07 Å². The van der Waals surface area contributed by atoms with Crippen LogP contribution in [0.15, 0.2) is 10.5 Å². The lowest BCUT2D eigenvalue weighted by atomic mass is 9.92. The molecule has 0 saturated carbocycles. The molecule has 1 aromatic heterocycles. The summed E-state index contributed by atoms with van der Waals surface area (Å²) in [5, 5.41) is 0.751. The molecular formula is C14H15BrFN3. The number of benzene rings is 1. The Bertz CT molecular complexity index is 670. The van der Waals surface area contributed by atoms with E-state index in [4.69, 9.17) is 10.8 Å². The van der Waals surface area contributed by atoms with Gasteiger partial charge in [0, 0.05) is 11.1 Å². The number of anilines is 1. The van der Waals surface area contributed by atoms with E-state index >= 15 is 0 Å². The van der Waals surface area contributed by atoms with Gasteiger partial charge in [0.1, 0.15) is 5.82 Å². The Morgan fingerprint density at radius 2 is 2.11 bits per heavy atom. The minimum Gasteiger partial charge on any atom is -0.323 e. The molecule has 1 aliphatic rings. The van der Waals surface area contributed by atoms with E-state index < -0.39 is 0 Å². The third-order valence-corrected chi connectivity index (χ3v) is 4.54. The Hall–Kier alpha value is -1.20. The lowest BCUT2D eigenvalue weighted by Crippen LogP contribution is -2.15. The van der Waals surface area contributed by atoms with E-state index in [-0.39, 0.29) is 5.82 Å². The number of hydrazine groups is 1. The van der Waals surface area contributed by atoms with Gasteiger partial charge in [0.2, 0.25) is 0 Å². The molecule has 3 N–H and O–H groups in total. The number of rotatable bonds is 1. The summed E-state index contributed by atoms with van der Waals surface area (Å²) in [4.78, 5) is 4.73. The lowest BCUT2D eigenvalue weighted by molar-refractivity contribution is 0.622. The number of fused-ring (bicyclic) bond motifs is 2. The van der Waals surface area contributed by atoms with E-state index in [9.17, 15) is 4.39 Å². The Balaban J connectivity index is 2.47. The lowest BCUT2D eigenvalue weighted by Gasteiger charge is -2.21. The fourth-order valence-corrected chi connectivity index (χ4v) is 3.34. The minimum atomic E-state index is -0.279. The van der Waals surface area contributed by atoms with Crippen molar-refractivity contribution in [1.82, 2.24) is 4.98 Å². The van der Waals surface area contributed by atoms with Crippen LogP contribution in [0.3, 0.4) is 0 Å². The number of hydrogen-bond acceptors (Lipinski definition) is 3. The summed E-state index contributed by atoms with van der Waals surface area (Å²) in [6, 6.07) is 1.51. The summed E-state index contributed by atoms with van der Waals surface area (Å²) in [5.74, 6) is 5.41. The second-order valence-corrected chi connectivity index (χ2v) is 5.77. The average molecular weight is 324 g/mol. The van der Waals surface area contributed by atoms with Crippen LogP contribution in [0, 0.1) is 12.7 Å². The molecule has 0 unspecified atom stereocenters. The largest absolute Gasteiger partial charge is 0.323 e. The van der Waals surface area contributed by atoms with Gasteiger partial charge in [-0.05, 0) is 65.7 Å². The first-order chi connectivity index (χ1) is 9.13. The highest BCUT2D eigenvalue weighted by Crippen LogP contribution is 2.38. The molecule has 1 aromatic carbocycles. The van der Waals surface area contributed by atoms with Gasteiger partial charge in [0.15, 0.2) is 0 Å². The van der Waals surface area contributed by atoms with Gasteiger partial charge < -0.3 is 5.43 Å². The van der Waals surface area contributed by atoms with Gasteiger partial charge in [-0.2, -0.15) is 0 Å². The van der Waals surface area contributed by atoms with Crippen molar-refractivity contribution in [2.24, 2.45) is 5.84 Å². The van der Waals surface area contributed by atoms with Crippen LogP contribution < -0.4 is 11.3 Å². The smallest absolute Gasteiger partial charge is 0.138 e. The summed E-state index contributed by atoms with van der Waals surface area (Å²) >= 11 is 3.32. The number of halogens is 2. The summed E-state index contributed by atoms with van der Waals surface area (Å²) in [7, 11) is 0. The highest BCUT2D eigenvalue weighted by Gasteiger charge is 2.21. The van der Waals surface area contributed by atoms with Gasteiger partial charge >= 0.3 is 0 Å². The zero-order valence-electron chi connectivity index (χ0n) is 10.7. The Labute approximate surface area is 119 Å². The van der Waals surface area contributed by atoms with Crippen LogP contribution in [0.5, 0.6) is 0 Å². The number of aryl methyl sites for hydroxylation is 2. The first-order valence-corrected chi connectivity index (χ1v) is 7.19. The zero-order valence-corrected chi connectivity index (χ0v) is 12.3. The van der Waals surface area contributed by atoms with E-state index in [1.54, 1.807) is 0 Å². The van der Waals surface area contributed by atoms with Crippen LogP contribution in [0.2, 0.25) is 0 Å². The number of hydrogen-bond donors (Lipinski definition) is 2. The Morgan fingerprint density at radius 3 is 2.84 bits per heavy atom. The van der Waals surface area contributed by atoms with Crippen LogP contribution in [0.4, 0.5) is 10.1 Å². The summed E-state index contributed by atoms with van der Waals surface area (Å²) in [6.45, 7) is 1.88. The van der Waals surface area contributed by atoms with E-state index in [1.807, 2.05) is 6.92 Å². The molecular weight excluding hydrogens is 309 g/mol. The van der Waals surface area contributed by atoms with Gasteiger partial charge in [-0.15, -0.1) is 0 Å². The number of nitrogens with zero attached hydrogens (tertiary/aromatic N) is 1. The van der Waals surface area contributed by atoms with Gasteiger partial charge in [-0.3, -0.25) is 10.8 Å². The monoisotopic (exact) mass is 323 g/mol. The molecule has 1 heterocycles. The Kier molecular flexibility index (Phi) is 3.19. The molecule has 19 heavy (non-hydrogen) atoms. The molecule has 3 rings (SSSR count). The highest BCUT2D eigenvalue weighted by atomic mass is 79.9. The van der Waals surface area contributed by atoms with Crippen molar-refractivity contribution in [2.75, 3.05) is 5.43 Å². The maximum absolute atomic E-state index is 13.9. The van der Waals surface area contributed by atoms with Crippen LogP contribution >= 0.6 is 15.9 Å². The highest BCUT2D eigenvalue weighted by molar-refractivity contribution is 9.10. The maximum Gasteiger partial charge on any atom is 0.138 e. The first kappa shape index (κ1) is 12.8. The van der Waals surface area contributed by atoms with Crippen molar-refractivity contribution >= 4 is 32.5 Å². The predicted octanol–water partition coefficient (Wildman–Crippen LogP) is 3.61. The molecule has 0 amide bonds. The number of nitrogen functional groups attached to an aromatic ring is 1. The third-order valence-electron chi connectivity index (χ3n) is 3.76. The Morgan fingerprint density at radius 1 is 1.37 bits per heavy atom. The number of nitrogens with one attached hydrogen (secondary N) is 1. The van der Waals surface area contributed by atoms with Crippen LogP contribution in [-0.4, -0.2) is 4.98 Å². The SMILES string of the molecule is Cc1cc(F)c(Br)c2c(NN)c3c(nc12)CCCC3. The second-order valence-electron chi connectivity index (χ2n) is 4.98. The van der Waals surface area contributed by atoms with Gasteiger partial charge in [0.05, 0.1) is 15.7 Å². The third kappa shape index (κ3) is 1.92. The molecule has 0 aliphatic heterocycles. The molecule has 0 saturated heterocycles. The fourth-order valence-electron chi connectivity index (χ4n) is 2.84. The van der Waals surface area contributed by atoms with Gasteiger partial charge in [-0.25, -0.2) is 4.39 Å². The molecule has 5 heteroatoms. The van der Waals surface area contributed by atoms with Crippen molar-refractivity contribution in [3.8, 4) is 0 Å². The molecule has 1 aliphatic carbocycles. The zero-order chi connectivity index (χ0) is 13.6. The predicted molar refractivity (Wildman–Crippen MR) is 78.6 cm³/mol. The van der Waals surface area contributed by atoms with Crippen LogP contribution in [0.25, 0.3) is 10.9 Å². The van der Waals surface area contributed by atoms with Crippen molar-refractivity contribution in [3.05, 3.63) is 33.2 Å². The van der Waals surface area contributed by atoms with Gasteiger partial charge in [-0.1, -0.05) is 0 Å². The van der Waals surface area contributed by atoms with Crippen molar-refractivity contribution in [2.45, 2.75) is 32.6 Å². The normalized spacial score (nSPS) is 14.5. The van der Waals surface area contributed by atoms with Crippen molar-refractivity contribution in [1.29, 1.82) is 0 Å². The maximum atomic E-state index is 13.9.